The van der Waals surface area contributed by atoms with Crippen LogP contribution in [0.15, 0.2) is 24.5 Å². The number of likely N-dealkylation sites (tertiary alicyclic amines) is 1. The van der Waals surface area contributed by atoms with Crippen LogP contribution in [0.4, 0.5) is 0 Å². The molecule has 4 atom stereocenters. The number of hydrogen-bond acceptors (Lipinski definition) is 4. The van der Waals surface area contributed by atoms with Crippen molar-refractivity contribution < 1.29 is 9.53 Å². The summed E-state index contributed by atoms with van der Waals surface area (Å²) in [4.78, 5) is 19.4. The summed E-state index contributed by atoms with van der Waals surface area (Å²) in [6.45, 7) is 2.12. The fourth-order valence-electron chi connectivity index (χ4n) is 4.47. The highest BCUT2D eigenvalue weighted by Gasteiger charge is 2.52. The number of nitrogens with one attached hydrogen (secondary N) is 1. The van der Waals surface area contributed by atoms with E-state index in [0.29, 0.717) is 6.04 Å². The summed E-state index contributed by atoms with van der Waals surface area (Å²) in [5.41, 5.74) is 1.19. The lowest BCUT2D eigenvalue weighted by Crippen LogP contribution is -2.48. The molecule has 3 fully saturated rings. The van der Waals surface area contributed by atoms with Gasteiger partial charge in [-0.2, -0.15) is 0 Å². The number of pyridine rings is 1. The normalized spacial score (nSPS) is 34.7. The first-order valence-electron chi connectivity index (χ1n) is 8.76. The molecule has 0 aromatic carbocycles. The molecule has 0 spiro atoms. The number of hydrogen-bond donors (Lipinski definition) is 1. The van der Waals surface area contributed by atoms with Gasteiger partial charge in [0.15, 0.2) is 0 Å². The van der Waals surface area contributed by atoms with Crippen LogP contribution in [0.2, 0.25) is 0 Å². The lowest BCUT2D eigenvalue weighted by atomic mass is 9.75. The second kappa shape index (κ2) is 6.21. The van der Waals surface area contributed by atoms with Crippen LogP contribution in [0.25, 0.3) is 0 Å². The lowest BCUT2D eigenvalue weighted by Gasteiger charge is -2.32. The van der Waals surface area contributed by atoms with Gasteiger partial charge >= 0.3 is 0 Å². The van der Waals surface area contributed by atoms with Gasteiger partial charge in [0.25, 0.3) is 0 Å². The van der Waals surface area contributed by atoms with Crippen LogP contribution in [0.3, 0.4) is 0 Å². The van der Waals surface area contributed by atoms with E-state index >= 15 is 0 Å². The molecule has 5 nitrogen and oxygen atoms in total. The topological polar surface area (TPSA) is 54.5 Å². The van der Waals surface area contributed by atoms with Gasteiger partial charge in [0, 0.05) is 24.4 Å². The molecule has 5 heteroatoms. The third-order valence-corrected chi connectivity index (χ3v) is 5.73. The zero-order valence-electron chi connectivity index (χ0n) is 13.6. The van der Waals surface area contributed by atoms with Crippen LogP contribution < -0.4 is 5.32 Å². The second-order valence-corrected chi connectivity index (χ2v) is 7.21. The molecule has 0 saturated carbocycles. The van der Waals surface area contributed by atoms with Gasteiger partial charge in [-0.15, -0.1) is 0 Å². The van der Waals surface area contributed by atoms with Crippen LogP contribution >= 0.6 is 0 Å². The summed E-state index contributed by atoms with van der Waals surface area (Å²) in [7, 11) is 2.14. The Morgan fingerprint density at radius 1 is 1.17 bits per heavy atom. The molecule has 4 heterocycles. The van der Waals surface area contributed by atoms with Crippen molar-refractivity contribution in [3.05, 3.63) is 30.1 Å². The summed E-state index contributed by atoms with van der Waals surface area (Å²) in [5.74, 6) is 0.326. The van der Waals surface area contributed by atoms with Gasteiger partial charge in [-0.25, -0.2) is 0 Å². The molecular weight excluding hydrogens is 290 g/mol. The number of carbonyl (C=O) groups is 1. The number of aromatic nitrogens is 1. The molecule has 3 aliphatic heterocycles. The average Bonchev–Trinajstić information content (AvgIpc) is 3.19. The first-order chi connectivity index (χ1) is 11.2. The molecule has 3 aliphatic rings. The standard InChI is InChI=1S/C18H25N3O2/c1-21-10-6-13(7-11-21)20-18(22)17-15-3-2-14(23-15)16(17)12-4-8-19-9-5-12/h4-5,8-9,13-17H,2-3,6-7,10-11H2,1H3,(H,20,22). The first-order valence-corrected chi connectivity index (χ1v) is 8.76. The van der Waals surface area contributed by atoms with E-state index in [4.69, 9.17) is 4.74 Å². The van der Waals surface area contributed by atoms with E-state index in [9.17, 15) is 4.79 Å². The second-order valence-electron chi connectivity index (χ2n) is 7.21. The Morgan fingerprint density at radius 2 is 1.87 bits per heavy atom. The lowest BCUT2D eigenvalue weighted by molar-refractivity contribution is -0.128. The molecule has 4 unspecified atom stereocenters. The van der Waals surface area contributed by atoms with Gasteiger partial charge in [-0.3, -0.25) is 9.78 Å². The molecule has 1 N–H and O–H groups in total. The maximum Gasteiger partial charge on any atom is 0.226 e. The zero-order chi connectivity index (χ0) is 15.8. The predicted octanol–water partition coefficient (Wildman–Crippen LogP) is 1.55. The summed E-state index contributed by atoms with van der Waals surface area (Å²) in [5, 5.41) is 3.30. The first kappa shape index (κ1) is 15.1. The van der Waals surface area contributed by atoms with Gasteiger partial charge in [-0.1, -0.05) is 0 Å². The zero-order valence-corrected chi connectivity index (χ0v) is 13.6. The summed E-state index contributed by atoms with van der Waals surface area (Å²) < 4.78 is 6.09. The molecule has 0 aliphatic carbocycles. The minimum atomic E-state index is -0.0455. The Hall–Kier alpha value is -1.46. The molecular formula is C18H25N3O2. The van der Waals surface area contributed by atoms with Crippen molar-refractivity contribution in [1.29, 1.82) is 0 Å². The van der Waals surface area contributed by atoms with Gasteiger partial charge in [0.05, 0.1) is 18.1 Å². The van der Waals surface area contributed by atoms with Gasteiger partial charge in [-0.05, 0) is 63.5 Å². The number of carbonyl (C=O) groups excluding carboxylic acids is 1. The minimum absolute atomic E-state index is 0.0455. The molecule has 2 bridgehead atoms. The summed E-state index contributed by atoms with van der Waals surface area (Å²) >= 11 is 0. The maximum absolute atomic E-state index is 12.9. The van der Waals surface area contributed by atoms with Gasteiger partial charge in [0.1, 0.15) is 0 Å². The molecule has 1 aromatic rings. The number of amides is 1. The Morgan fingerprint density at radius 3 is 2.61 bits per heavy atom. The van der Waals surface area contributed by atoms with Crippen LogP contribution in [-0.2, 0) is 9.53 Å². The Bertz CT molecular complexity index is 557. The average molecular weight is 315 g/mol. The highest BCUT2D eigenvalue weighted by molar-refractivity contribution is 5.81. The fourth-order valence-corrected chi connectivity index (χ4v) is 4.47. The Balaban J connectivity index is 1.48. The molecule has 23 heavy (non-hydrogen) atoms. The van der Waals surface area contributed by atoms with Crippen molar-refractivity contribution in [2.24, 2.45) is 5.92 Å². The molecule has 4 rings (SSSR count). The minimum Gasteiger partial charge on any atom is -0.373 e. The number of fused-ring (bicyclic) bond motifs is 2. The van der Waals surface area contributed by atoms with Crippen LogP contribution in [0.5, 0.6) is 0 Å². The SMILES string of the molecule is CN1CCC(NC(=O)C2C3CCC(O3)C2c2ccncc2)CC1. The molecule has 3 saturated heterocycles. The third-order valence-electron chi connectivity index (χ3n) is 5.73. The van der Waals surface area contributed by atoms with Crippen LogP contribution in [-0.4, -0.2) is 54.2 Å². The van der Waals surface area contributed by atoms with Crippen molar-refractivity contribution >= 4 is 5.91 Å². The van der Waals surface area contributed by atoms with Gasteiger partial charge < -0.3 is 15.0 Å². The van der Waals surface area contributed by atoms with Crippen LogP contribution in [0, 0.1) is 5.92 Å². The summed E-state index contributed by atoms with van der Waals surface area (Å²) in [6, 6.07) is 4.38. The maximum atomic E-state index is 12.9. The number of rotatable bonds is 3. The molecule has 1 amide bonds. The molecule has 1 aromatic heterocycles. The van der Waals surface area contributed by atoms with Crippen molar-refractivity contribution in [2.75, 3.05) is 20.1 Å². The monoisotopic (exact) mass is 315 g/mol. The van der Waals surface area contributed by atoms with Crippen LogP contribution in [0.1, 0.15) is 37.2 Å². The number of nitrogens with zero attached hydrogens (tertiary/aromatic N) is 2. The predicted molar refractivity (Wildman–Crippen MR) is 87.0 cm³/mol. The van der Waals surface area contributed by atoms with Crippen molar-refractivity contribution in [3.8, 4) is 0 Å². The molecule has 0 radical (unpaired) electrons. The Kier molecular flexibility index (Phi) is 4.07. The Labute approximate surface area is 137 Å². The highest BCUT2D eigenvalue weighted by atomic mass is 16.5. The van der Waals surface area contributed by atoms with E-state index in [0.717, 1.165) is 38.8 Å². The van der Waals surface area contributed by atoms with E-state index in [1.807, 2.05) is 24.5 Å². The van der Waals surface area contributed by atoms with Crippen molar-refractivity contribution in [1.82, 2.24) is 15.2 Å². The largest absolute Gasteiger partial charge is 0.373 e. The summed E-state index contributed by atoms with van der Waals surface area (Å²) in [6.07, 6.45) is 8.07. The van der Waals surface area contributed by atoms with E-state index in [-0.39, 0.29) is 30.0 Å². The smallest absolute Gasteiger partial charge is 0.226 e. The number of ether oxygens (including phenoxy) is 1. The van der Waals surface area contributed by atoms with E-state index in [2.05, 4.69) is 22.2 Å². The highest BCUT2D eigenvalue weighted by Crippen LogP contribution is 2.48. The van der Waals surface area contributed by atoms with Gasteiger partial charge in [0.2, 0.25) is 5.91 Å². The quantitative estimate of drug-likeness (QED) is 0.919. The third kappa shape index (κ3) is 2.88. The van der Waals surface area contributed by atoms with E-state index < -0.39 is 0 Å². The van der Waals surface area contributed by atoms with Crippen molar-refractivity contribution in [3.63, 3.8) is 0 Å². The van der Waals surface area contributed by atoms with E-state index in [1.54, 1.807) is 0 Å². The van der Waals surface area contributed by atoms with E-state index in [1.165, 1.54) is 5.56 Å². The fraction of sp³-hybridized carbons (Fsp3) is 0.667. The molecule has 124 valence electrons. The van der Waals surface area contributed by atoms with Crippen molar-refractivity contribution in [2.45, 2.75) is 49.9 Å². The number of piperidine rings is 1.